The molecule has 0 radical (unpaired) electrons. The lowest BCUT2D eigenvalue weighted by atomic mass is 10.2. The van der Waals surface area contributed by atoms with E-state index in [1.165, 1.54) is 0 Å². The summed E-state index contributed by atoms with van der Waals surface area (Å²) in [6.45, 7) is 1.79. The fraction of sp³-hybridized carbons (Fsp3) is 0.200. The van der Waals surface area contributed by atoms with Gasteiger partial charge in [0, 0.05) is 6.20 Å². The summed E-state index contributed by atoms with van der Waals surface area (Å²) >= 11 is 0. The quantitative estimate of drug-likeness (QED) is 0.814. The summed E-state index contributed by atoms with van der Waals surface area (Å²) < 4.78 is 5.38. The molecule has 0 aliphatic carbocycles. The summed E-state index contributed by atoms with van der Waals surface area (Å²) in [6, 6.07) is 12.5. The average molecular weight is 271 g/mol. The molecule has 2 rings (SSSR count). The van der Waals surface area contributed by atoms with Crippen LogP contribution in [0.5, 0.6) is 5.75 Å². The lowest BCUT2D eigenvalue weighted by molar-refractivity contribution is -0.123. The molecule has 0 aliphatic rings. The number of anilines is 1. The monoisotopic (exact) mass is 271 g/mol. The Morgan fingerprint density at radius 1 is 1.30 bits per heavy atom. The smallest absolute Gasteiger partial charge is 0.258 e. The van der Waals surface area contributed by atoms with Gasteiger partial charge in [-0.1, -0.05) is 18.2 Å². The third kappa shape index (κ3) is 3.71. The van der Waals surface area contributed by atoms with E-state index in [1.807, 2.05) is 31.2 Å². The first kappa shape index (κ1) is 13.9. The number of para-hydroxylation sites is 2. The van der Waals surface area contributed by atoms with Crippen molar-refractivity contribution in [1.82, 2.24) is 10.3 Å². The van der Waals surface area contributed by atoms with Gasteiger partial charge in [0.2, 0.25) is 0 Å². The van der Waals surface area contributed by atoms with E-state index in [0.29, 0.717) is 11.4 Å². The van der Waals surface area contributed by atoms with Crippen molar-refractivity contribution in [2.75, 3.05) is 12.3 Å². The Labute approximate surface area is 117 Å². The number of rotatable bonds is 5. The number of carbonyl (C=O) groups is 1. The zero-order valence-corrected chi connectivity index (χ0v) is 11.2. The van der Waals surface area contributed by atoms with E-state index < -0.39 is 0 Å². The molecular weight excluding hydrogens is 254 g/mol. The predicted octanol–water partition coefficient (Wildman–Crippen LogP) is 1.92. The van der Waals surface area contributed by atoms with Gasteiger partial charge in [0.25, 0.3) is 5.91 Å². The van der Waals surface area contributed by atoms with Crippen molar-refractivity contribution in [2.45, 2.75) is 13.0 Å². The molecule has 0 fully saturated rings. The van der Waals surface area contributed by atoms with Crippen molar-refractivity contribution < 1.29 is 9.53 Å². The molecule has 104 valence electrons. The maximum Gasteiger partial charge on any atom is 0.258 e. The molecule has 0 spiro atoms. The minimum atomic E-state index is -0.216. The van der Waals surface area contributed by atoms with Crippen LogP contribution in [0.1, 0.15) is 18.7 Å². The van der Waals surface area contributed by atoms with E-state index >= 15 is 0 Å². The normalized spacial score (nSPS) is 11.7. The summed E-state index contributed by atoms with van der Waals surface area (Å²) in [4.78, 5) is 16.0. The Morgan fingerprint density at radius 3 is 2.75 bits per heavy atom. The van der Waals surface area contributed by atoms with Crippen LogP contribution in [0.15, 0.2) is 48.7 Å². The highest BCUT2D eigenvalue weighted by atomic mass is 16.5. The molecule has 1 heterocycles. The maximum atomic E-state index is 11.8. The van der Waals surface area contributed by atoms with Crippen molar-refractivity contribution >= 4 is 11.6 Å². The molecule has 5 nitrogen and oxygen atoms in total. The molecule has 0 bridgehead atoms. The molecule has 2 aromatic rings. The van der Waals surface area contributed by atoms with E-state index in [0.717, 1.165) is 5.69 Å². The number of amides is 1. The Morgan fingerprint density at radius 2 is 2.05 bits per heavy atom. The Hall–Kier alpha value is -2.56. The minimum Gasteiger partial charge on any atom is -0.482 e. The predicted molar refractivity (Wildman–Crippen MR) is 77.1 cm³/mol. The zero-order chi connectivity index (χ0) is 14.4. The number of nitrogens with two attached hydrogens (primary N) is 1. The third-order valence-corrected chi connectivity index (χ3v) is 2.79. The molecule has 3 N–H and O–H groups in total. The van der Waals surface area contributed by atoms with E-state index in [2.05, 4.69) is 10.3 Å². The van der Waals surface area contributed by atoms with Gasteiger partial charge in [-0.3, -0.25) is 9.78 Å². The number of nitrogen functional groups attached to an aromatic ring is 1. The SMILES string of the molecule is CC(NC(=O)COc1ccccc1N)c1ccccn1. The second-order valence-corrected chi connectivity index (χ2v) is 4.37. The molecule has 20 heavy (non-hydrogen) atoms. The average Bonchev–Trinajstić information content (AvgIpc) is 2.47. The van der Waals surface area contributed by atoms with Crippen molar-refractivity contribution in [3.05, 3.63) is 54.4 Å². The number of nitrogens with one attached hydrogen (secondary N) is 1. The number of ether oxygens (including phenoxy) is 1. The summed E-state index contributed by atoms with van der Waals surface area (Å²) in [6.07, 6.45) is 1.69. The maximum absolute atomic E-state index is 11.8. The van der Waals surface area contributed by atoms with E-state index in [-0.39, 0.29) is 18.6 Å². The number of pyridine rings is 1. The zero-order valence-electron chi connectivity index (χ0n) is 11.2. The van der Waals surface area contributed by atoms with Gasteiger partial charge < -0.3 is 15.8 Å². The Balaban J connectivity index is 1.86. The molecule has 0 aliphatic heterocycles. The number of hydrogen-bond donors (Lipinski definition) is 2. The molecule has 0 saturated heterocycles. The largest absolute Gasteiger partial charge is 0.482 e. The van der Waals surface area contributed by atoms with Gasteiger partial charge in [0.1, 0.15) is 5.75 Å². The first-order valence-corrected chi connectivity index (χ1v) is 6.34. The van der Waals surface area contributed by atoms with Crippen LogP contribution in [-0.4, -0.2) is 17.5 Å². The van der Waals surface area contributed by atoms with Crippen LogP contribution in [0.25, 0.3) is 0 Å². The van der Waals surface area contributed by atoms with Gasteiger partial charge in [-0.2, -0.15) is 0 Å². The van der Waals surface area contributed by atoms with E-state index in [4.69, 9.17) is 10.5 Å². The first-order chi connectivity index (χ1) is 9.66. The molecule has 1 aromatic carbocycles. The van der Waals surface area contributed by atoms with Crippen LogP contribution in [-0.2, 0) is 4.79 Å². The topological polar surface area (TPSA) is 77.2 Å². The van der Waals surface area contributed by atoms with E-state index in [9.17, 15) is 4.79 Å². The van der Waals surface area contributed by atoms with Crippen molar-refractivity contribution in [1.29, 1.82) is 0 Å². The molecule has 1 unspecified atom stereocenters. The van der Waals surface area contributed by atoms with Gasteiger partial charge in [0.15, 0.2) is 6.61 Å². The lowest BCUT2D eigenvalue weighted by Crippen LogP contribution is -2.31. The number of nitrogens with zero attached hydrogens (tertiary/aromatic N) is 1. The lowest BCUT2D eigenvalue weighted by Gasteiger charge is -2.14. The minimum absolute atomic E-state index is 0.0780. The molecule has 1 aromatic heterocycles. The summed E-state index contributed by atoms with van der Waals surface area (Å²) in [5.41, 5.74) is 7.05. The van der Waals surface area contributed by atoms with Crippen molar-refractivity contribution in [3.63, 3.8) is 0 Å². The molecule has 1 amide bonds. The summed E-state index contributed by atoms with van der Waals surface area (Å²) in [7, 11) is 0. The molecule has 5 heteroatoms. The van der Waals surface area contributed by atoms with Crippen LogP contribution < -0.4 is 15.8 Å². The van der Waals surface area contributed by atoms with Crippen LogP contribution in [0.4, 0.5) is 5.69 Å². The van der Waals surface area contributed by atoms with Gasteiger partial charge in [-0.05, 0) is 31.2 Å². The summed E-state index contributed by atoms with van der Waals surface area (Å²) in [5.74, 6) is 0.291. The molecule has 0 saturated carbocycles. The fourth-order valence-electron chi connectivity index (χ4n) is 1.74. The number of carbonyl (C=O) groups excluding carboxylic acids is 1. The number of aromatic nitrogens is 1. The van der Waals surface area contributed by atoms with Crippen molar-refractivity contribution in [3.8, 4) is 5.75 Å². The number of benzene rings is 1. The molecular formula is C15H17N3O2. The first-order valence-electron chi connectivity index (χ1n) is 6.34. The Bertz CT molecular complexity index is 572. The Kier molecular flexibility index (Phi) is 4.55. The third-order valence-electron chi connectivity index (χ3n) is 2.79. The van der Waals surface area contributed by atoms with E-state index in [1.54, 1.807) is 24.4 Å². The van der Waals surface area contributed by atoms with Crippen LogP contribution in [0, 0.1) is 0 Å². The highest BCUT2D eigenvalue weighted by Crippen LogP contribution is 2.19. The van der Waals surface area contributed by atoms with Crippen LogP contribution in [0.2, 0.25) is 0 Å². The van der Waals surface area contributed by atoms with Gasteiger partial charge >= 0.3 is 0 Å². The number of hydrogen-bond acceptors (Lipinski definition) is 4. The second kappa shape index (κ2) is 6.56. The highest BCUT2D eigenvalue weighted by molar-refractivity contribution is 5.78. The standard InChI is InChI=1S/C15H17N3O2/c1-11(13-7-4-5-9-17-13)18-15(19)10-20-14-8-3-2-6-12(14)16/h2-9,11H,10,16H2,1H3,(H,18,19). The summed E-state index contributed by atoms with van der Waals surface area (Å²) in [5, 5.41) is 2.82. The second-order valence-electron chi connectivity index (χ2n) is 4.37. The fourth-order valence-corrected chi connectivity index (χ4v) is 1.74. The highest BCUT2D eigenvalue weighted by Gasteiger charge is 2.11. The van der Waals surface area contributed by atoms with Gasteiger partial charge in [-0.15, -0.1) is 0 Å². The van der Waals surface area contributed by atoms with Crippen molar-refractivity contribution in [2.24, 2.45) is 0 Å². The van der Waals surface area contributed by atoms with Gasteiger partial charge in [-0.25, -0.2) is 0 Å². The molecule has 1 atom stereocenters. The van der Waals surface area contributed by atoms with Crippen LogP contribution >= 0.6 is 0 Å². The van der Waals surface area contributed by atoms with Gasteiger partial charge in [0.05, 0.1) is 17.4 Å². The van der Waals surface area contributed by atoms with Crippen LogP contribution in [0.3, 0.4) is 0 Å².